The zero-order valence-electron chi connectivity index (χ0n) is 15.8. The average molecular weight is 493 g/mol. The van der Waals surface area contributed by atoms with Gasteiger partial charge in [0, 0.05) is 31.2 Å². The molecule has 1 aliphatic rings. The Balaban J connectivity index is 1.81. The second kappa shape index (κ2) is 8.81. The Kier molecular flexibility index (Phi) is 6.75. The summed E-state index contributed by atoms with van der Waals surface area (Å²) in [6.45, 7) is -0.216. The molecule has 30 heavy (non-hydrogen) atoms. The fraction of sp³-hybridized carbons (Fsp3) is 0.278. The van der Waals surface area contributed by atoms with Crippen molar-refractivity contribution in [3.63, 3.8) is 0 Å². The lowest BCUT2D eigenvalue weighted by Crippen LogP contribution is -2.50. The number of carbonyl (C=O) groups excluding carboxylic acids is 1. The van der Waals surface area contributed by atoms with Gasteiger partial charge in [0.05, 0.1) is 22.6 Å². The maximum atomic E-state index is 13.0. The van der Waals surface area contributed by atoms with Crippen molar-refractivity contribution < 1.29 is 26.4 Å². The first-order valence-electron chi connectivity index (χ1n) is 8.71. The minimum absolute atomic E-state index is 0.0393. The maximum Gasteiger partial charge on any atom is 0.337 e. The molecule has 0 N–H and O–H groups in total. The van der Waals surface area contributed by atoms with E-state index in [1.165, 1.54) is 41.7 Å². The van der Waals surface area contributed by atoms with Gasteiger partial charge in [0.15, 0.2) is 0 Å². The Morgan fingerprint density at radius 1 is 0.900 bits per heavy atom. The number of nitrogens with zero attached hydrogens (tertiary/aromatic N) is 2. The smallest absolute Gasteiger partial charge is 0.337 e. The molecule has 1 heterocycles. The van der Waals surface area contributed by atoms with Gasteiger partial charge in [-0.15, -0.1) is 0 Å². The SMILES string of the molecule is COC(=O)c1ccc(Cl)c(S(=O)(=O)N2CCN(S(=O)(=O)c3cccc(Cl)c3)CC2)c1. The number of benzene rings is 2. The van der Waals surface area contributed by atoms with Crippen LogP contribution in [0.25, 0.3) is 0 Å². The Bertz CT molecular complexity index is 1180. The van der Waals surface area contributed by atoms with Crippen molar-refractivity contribution in [2.45, 2.75) is 9.79 Å². The lowest BCUT2D eigenvalue weighted by molar-refractivity contribution is 0.0600. The van der Waals surface area contributed by atoms with Crippen molar-refractivity contribution in [2.75, 3.05) is 33.3 Å². The Labute approximate surface area is 185 Å². The first-order chi connectivity index (χ1) is 14.1. The van der Waals surface area contributed by atoms with Gasteiger partial charge in [-0.05, 0) is 36.4 Å². The highest BCUT2D eigenvalue weighted by Gasteiger charge is 2.35. The van der Waals surface area contributed by atoms with E-state index >= 15 is 0 Å². The number of esters is 1. The molecule has 12 heteroatoms. The molecule has 1 fully saturated rings. The molecule has 0 aliphatic carbocycles. The van der Waals surface area contributed by atoms with E-state index in [0.29, 0.717) is 0 Å². The number of ether oxygens (including phenoxy) is 1. The maximum absolute atomic E-state index is 13.0. The number of rotatable bonds is 5. The van der Waals surface area contributed by atoms with Crippen LogP contribution in [-0.2, 0) is 24.8 Å². The number of halogens is 2. The van der Waals surface area contributed by atoms with Crippen molar-refractivity contribution in [1.29, 1.82) is 0 Å². The molecule has 8 nitrogen and oxygen atoms in total. The molecule has 162 valence electrons. The first-order valence-corrected chi connectivity index (χ1v) is 12.3. The van der Waals surface area contributed by atoms with Crippen LogP contribution in [0, 0.1) is 0 Å². The van der Waals surface area contributed by atoms with Crippen LogP contribution in [0.1, 0.15) is 10.4 Å². The predicted octanol–water partition coefficient (Wildman–Crippen LogP) is 2.48. The number of piperazine rings is 1. The minimum Gasteiger partial charge on any atom is -0.465 e. The van der Waals surface area contributed by atoms with Crippen molar-refractivity contribution >= 4 is 49.2 Å². The number of hydrogen-bond donors (Lipinski definition) is 0. The summed E-state index contributed by atoms with van der Waals surface area (Å²) in [7, 11) is -6.67. The summed E-state index contributed by atoms with van der Waals surface area (Å²) in [5.41, 5.74) is 0.0441. The van der Waals surface area contributed by atoms with Crippen LogP contribution in [-0.4, -0.2) is 64.7 Å². The van der Waals surface area contributed by atoms with Gasteiger partial charge in [0.25, 0.3) is 0 Å². The molecule has 0 aromatic heterocycles. The van der Waals surface area contributed by atoms with Crippen molar-refractivity contribution in [3.05, 3.63) is 58.1 Å². The van der Waals surface area contributed by atoms with E-state index in [0.717, 1.165) is 10.4 Å². The Hall–Kier alpha value is -1.69. The number of methoxy groups -OCH3 is 1. The van der Waals surface area contributed by atoms with Crippen LogP contribution in [0.3, 0.4) is 0 Å². The van der Waals surface area contributed by atoms with Crippen LogP contribution in [0.2, 0.25) is 10.0 Å². The molecule has 2 aromatic rings. The third-order valence-electron chi connectivity index (χ3n) is 4.60. The largest absolute Gasteiger partial charge is 0.465 e. The predicted molar refractivity (Wildman–Crippen MR) is 112 cm³/mol. The molecule has 1 saturated heterocycles. The lowest BCUT2D eigenvalue weighted by Gasteiger charge is -2.33. The Morgan fingerprint density at radius 3 is 2.07 bits per heavy atom. The zero-order chi connectivity index (χ0) is 22.1. The second-order valence-corrected chi connectivity index (χ2v) is 11.1. The molecule has 0 amide bonds. The molecule has 0 unspecified atom stereocenters. The van der Waals surface area contributed by atoms with Gasteiger partial charge in [0.1, 0.15) is 4.90 Å². The van der Waals surface area contributed by atoms with E-state index < -0.39 is 26.0 Å². The molecule has 3 rings (SSSR count). The normalized spacial score (nSPS) is 16.4. The van der Waals surface area contributed by atoms with Crippen LogP contribution < -0.4 is 0 Å². The summed E-state index contributed by atoms with van der Waals surface area (Å²) in [6.07, 6.45) is 0. The van der Waals surface area contributed by atoms with Gasteiger partial charge in [-0.2, -0.15) is 8.61 Å². The second-order valence-electron chi connectivity index (χ2n) is 6.40. The van der Waals surface area contributed by atoms with E-state index in [2.05, 4.69) is 4.74 Å². The summed E-state index contributed by atoms with van der Waals surface area (Å²) in [5.74, 6) is -0.694. The summed E-state index contributed by atoms with van der Waals surface area (Å²) in [6, 6.07) is 9.70. The third-order valence-corrected chi connectivity index (χ3v) is 9.11. The summed E-state index contributed by atoms with van der Waals surface area (Å²) in [5, 5.41) is 0.244. The monoisotopic (exact) mass is 492 g/mol. The van der Waals surface area contributed by atoms with Crippen LogP contribution in [0.5, 0.6) is 0 Å². The van der Waals surface area contributed by atoms with Gasteiger partial charge in [-0.25, -0.2) is 21.6 Å². The number of hydrogen-bond acceptors (Lipinski definition) is 6. The zero-order valence-corrected chi connectivity index (χ0v) is 18.9. The summed E-state index contributed by atoms with van der Waals surface area (Å²) in [4.78, 5) is 11.5. The highest BCUT2D eigenvalue weighted by Crippen LogP contribution is 2.28. The number of sulfonamides is 2. The van der Waals surface area contributed by atoms with Gasteiger partial charge < -0.3 is 4.74 Å². The standard InChI is InChI=1S/C18H18Cl2N2O6S2/c1-28-18(23)13-5-6-16(20)17(11-13)30(26,27)22-9-7-21(8-10-22)29(24,25)15-4-2-3-14(19)12-15/h2-6,11-12H,7-10H2,1H3. The average Bonchev–Trinajstić information content (AvgIpc) is 2.73. The molecule has 1 aliphatic heterocycles. The highest BCUT2D eigenvalue weighted by atomic mass is 35.5. The molecule has 2 aromatic carbocycles. The molecular formula is C18H18Cl2N2O6S2. The topological polar surface area (TPSA) is 101 Å². The molecule has 0 spiro atoms. The number of carbonyl (C=O) groups is 1. The van der Waals surface area contributed by atoms with Crippen LogP contribution in [0.4, 0.5) is 0 Å². The molecule has 0 bridgehead atoms. The van der Waals surface area contributed by atoms with Crippen molar-refractivity contribution in [3.8, 4) is 0 Å². The van der Waals surface area contributed by atoms with E-state index in [-0.39, 0.29) is 51.6 Å². The molecule has 0 saturated carbocycles. The minimum atomic E-state index is -4.05. The van der Waals surface area contributed by atoms with E-state index in [1.54, 1.807) is 6.07 Å². The third kappa shape index (κ3) is 4.48. The summed E-state index contributed by atoms with van der Waals surface area (Å²) < 4.78 is 58.7. The fourth-order valence-electron chi connectivity index (χ4n) is 3.01. The first kappa shape index (κ1) is 23.0. The van der Waals surface area contributed by atoms with Gasteiger partial charge in [-0.3, -0.25) is 0 Å². The molecular weight excluding hydrogens is 475 g/mol. The van der Waals surface area contributed by atoms with Gasteiger partial charge in [-0.1, -0.05) is 29.3 Å². The van der Waals surface area contributed by atoms with E-state index in [9.17, 15) is 21.6 Å². The van der Waals surface area contributed by atoms with Gasteiger partial charge in [0.2, 0.25) is 20.0 Å². The van der Waals surface area contributed by atoms with Crippen LogP contribution >= 0.6 is 23.2 Å². The quantitative estimate of drug-likeness (QED) is 0.594. The molecule has 0 radical (unpaired) electrons. The summed E-state index contributed by atoms with van der Waals surface area (Å²) >= 11 is 12.0. The lowest BCUT2D eigenvalue weighted by atomic mass is 10.2. The van der Waals surface area contributed by atoms with Crippen LogP contribution in [0.15, 0.2) is 52.3 Å². The van der Waals surface area contributed by atoms with E-state index in [4.69, 9.17) is 23.2 Å². The van der Waals surface area contributed by atoms with E-state index in [1.807, 2.05) is 0 Å². The Morgan fingerprint density at radius 2 is 1.50 bits per heavy atom. The van der Waals surface area contributed by atoms with Crippen molar-refractivity contribution in [2.24, 2.45) is 0 Å². The van der Waals surface area contributed by atoms with Crippen molar-refractivity contribution in [1.82, 2.24) is 8.61 Å². The highest BCUT2D eigenvalue weighted by molar-refractivity contribution is 7.89. The fourth-order valence-corrected chi connectivity index (χ4v) is 6.66. The molecule has 0 atom stereocenters. The van der Waals surface area contributed by atoms with Gasteiger partial charge >= 0.3 is 5.97 Å².